The summed E-state index contributed by atoms with van der Waals surface area (Å²) in [7, 11) is 6.86. The average Bonchev–Trinajstić information content (AvgIpc) is 2.53. The van der Waals surface area contributed by atoms with E-state index in [-0.39, 0.29) is 5.91 Å². The van der Waals surface area contributed by atoms with Crippen LogP contribution in [0.2, 0.25) is 0 Å². The number of carbonyl (C=O) groups excluding carboxylic acids is 2. The predicted octanol–water partition coefficient (Wildman–Crippen LogP) is 1.12. The molecule has 0 atom stereocenters. The molecule has 6 heteroatoms. The van der Waals surface area contributed by atoms with Crippen molar-refractivity contribution in [2.24, 2.45) is 0 Å². The first-order chi connectivity index (χ1) is 10.5. The van der Waals surface area contributed by atoms with Gasteiger partial charge in [-0.1, -0.05) is 0 Å². The smallest absolute Gasteiger partial charge is 0.337 e. The van der Waals surface area contributed by atoms with Gasteiger partial charge in [0.15, 0.2) is 0 Å². The second-order valence-electron chi connectivity index (χ2n) is 5.16. The maximum atomic E-state index is 12.5. The van der Waals surface area contributed by atoms with Crippen molar-refractivity contribution < 1.29 is 19.1 Å². The second-order valence-corrected chi connectivity index (χ2v) is 5.16. The number of likely N-dealkylation sites (N-methyl/N-ethyl adjacent to an activating group) is 1. The van der Waals surface area contributed by atoms with Gasteiger partial charge in [-0.15, -0.1) is 0 Å². The van der Waals surface area contributed by atoms with Gasteiger partial charge in [0.1, 0.15) is 0 Å². The summed E-state index contributed by atoms with van der Waals surface area (Å²) in [6.45, 7) is 2.41. The van der Waals surface area contributed by atoms with E-state index < -0.39 is 5.97 Å². The fourth-order valence-electron chi connectivity index (χ4n) is 1.89. The van der Waals surface area contributed by atoms with Crippen LogP contribution in [0.5, 0.6) is 0 Å². The van der Waals surface area contributed by atoms with E-state index in [0.29, 0.717) is 30.8 Å². The highest BCUT2D eigenvalue weighted by molar-refractivity contribution is 5.96. The summed E-state index contributed by atoms with van der Waals surface area (Å²) in [5.41, 5.74) is 0.971. The predicted molar refractivity (Wildman–Crippen MR) is 84.1 cm³/mol. The summed E-state index contributed by atoms with van der Waals surface area (Å²) in [6, 6.07) is 6.48. The molecule has 1 rings (SSSR count). The van der Waals surface area contributed by atoms with Gasteiger partial charge >= 0.3 is 5.97 Å². The highest BCUT2D eigenvalue weighted by Crippen LogP contribution is 2.09. The molecule has 0 aliphatic heterocycles. The molecule has 0 aromatic heterocycles. The molecule has 0 fully saturated rings. The van der Waals surface area contributed by atoms with Gasteiger partial charge in [0.05, 0.1) is 19.3 Å². The average molecular weight is 308 g/mol. The number of hydrogen-bond acceptors (Lipinski definition) is 5. The topological polar surface area (TPSA) is 59.1 Å². The summed E-state index contributed by atoms with van der Waals surface area (Å²) in [5.74, 6) is -0.488. The molecule has 1 amide bonds. The monoisotopic (exact) mass is 308 g/mol. The third-order valence-corrected chi connectivity index (χ3v) is 3.22. The van der Waals surface area contributed by atoms with Crippen molar-refractivity contribution in [1.29, 1.82) is 0 Å². The molecule has 22 heavy (non-hydrogen) atoms. The Balaban J connectivity index is 2.80. The maximum absolute atomic E-state index is 12.5. The zero-order chi connectivity index (χ0) is 16.5. The van der Waals surface area contributed by atoms with Crippen molar-refractivity contribution in [1.82, 2.24) is 9.80 Å². The minimum atomic E-state index is -0.414. The molecule has 0 N–H and O–H groups in total. The van der Waals surface area contributed by atoms with Gasteiger partial charge in [0.2, 0.25) is 0 Å². The lowest BCUT2D eigenvalue weighted by atomic mass is 10.1. The molecule has 1 aromatic rings. The lowest BCUT2D eigenvalue weighted by Gasteiger charge is -2.24. The zero-order valence-electron chi connectivity index (χ0n) is 13.7. The Bertz CT molecular complexity index is 485. The summed E-state index contributed by atoms with van der Waals surface area (Å²) < 4.78 is 9.71. The van der Waals surface area contributed by atoms with E-state index in [9.17, 15) is 9.59 Å². The van der Waals surface area contributed by atoms with Gasteiger partial charge in [-0.3, -0.25) is 4.79 Å². The van der Waals surface area contributed by atoms with Crippen LogP contribution in [0.25, 0.3) is 0 Å². The van der Waals surface area contributed by atoms with E-state index in [1.54, 1.807) is 36.3 Å². The molecule has 0 bridgehead atoms. The van der Waals surface area contributed by atoms with Gasteiger partial charge in [0, 0.05) is 32.3 Å². The Hall–Kier alpha value is -1.92. The summed E-state index contributed by atoms with van der Waals surface area (Å²) in [5, 5.41) is 0. The number of ether oxygens (including phenoxy) is 2. The molecule has 0 aliphatic carbocycles. The Morgan fingerprint density at radius 1 is 0.955 bits per heavy atom. The number of carbonyl (C=O) groups is 2. The van der Waals surface area contributed by atoms with Crippen LogP contribution in [0.1, 0.15) is 20.7 Å². The van der Waals surface area contributed by atoms with Crippen LogP contribution in [0, 0.1) is 0 Å². The van der Waals surface area contributed by atoms with Gasteiger partial charge in [-0.2, -0.15) is 0 Å². The molecule has 0 heterocycles. The van der Waals surface area contributed by atoms with E-state index in [0.717, 1.165) is 6.54 Å². The summed E-state index contributed by atoms with van der Waals surface area (Å²) in [4.78, 5) is 27.7. The van der Waals surface area contributed by atoms with E-state index in [1.807, 2.05) is 19.0 Å². The van der Waals surface area contributed by atoms with Crippen molar-refractivity contribution in [2.45, 2.75) is 0 Å². The molecule has 0 saturated carbocycles. The fraction of sp³-hybridized carbons (Fsp3) is 0.500. The molecule has 1 aromatic carbocycles. The standard InChI is InChI=1S/C16H24N2O4/c1-17(2)9-10-18(11-12-21-3)15(19)13-5-7-14(8-6-13)16(20)22-4/h5-8H,9-12H2,1-4H3. The second kappa shape index (κ2) is 9.17. The molecule has 0 spiro atoms. The molecule has 6 nitrogen and oxygen atoms in total. The van der Waals surface area contributed by atoms with E-state index in [1.165, 1.54) is 7.11 Å². The van der Waals surface area contributed by atoms with Crippen molar-refractivity contribution >= 4 is 11.9 Å². The van der Waals surface area contributed by atoms with Crippen molar-refractivity contribution in [3.05, 3.63) is 35.4 Å². The number of esters is 1. The molecular formula is C16H24N2O4. The van der Waals surface area contributed by atoms with Crippen molar-refractivity contribution in [3.63, 3.8) is 0 Å². The number of amides is 1. The van der Waals surface area contributed by atoms with Crippen LogP contribution in [-0.4, -0.2) is 76.2 Å². The largest absolute Gasteiger partial charge is 0.465 e. The summed E-state index contributed by atoms with van der Waals surface area (Å²) >= 11 is 0. The normalized spacial score (nSPS) is 10.6. The Morgan fingerprint density at radius 3 is 2.05 bits per heavy atom. The van der Waals surface area contributed by atoms with E-state index in [4.69, 9.17) is 4.74 Å². The Kier molecular flexibility index (Phi) is 7.56. The first-order valence-corrected chi connectivity index (χ1v) is 7.11. The highest BCUT2D eigenvalue weighted by atomic mass is 16.5. The number of benzene rings is 1. The minimum Gasteiger partial charge on any atom is -0.465 e. The SMILES string of the molecule is COCCN(CCN(C)C)C(=O)c1ccc(C(=O)OC)cc1. The van der Waals surface area contributed by atoms with Crippen LogP contribution >= 0.6 is 0 Å². The molecule has 122 valence electrons. The quantitative estimate of drug-likeness (QED) is 0.674. The molecule has 0 radical (unpaired) electrons. The zero-order valence-corrected chi connectivity index (χ0v) is 13.7. The van der Waals surface area contributed by atoms with Crippen molar-refractivity contribution in [3.8, 4) is 0 Å². The fourth-order valence-corrected chi connectivity index (χ4v) is 1.89. The number of nitrogens with zero attached hydrogens (tertiary/aromatic N) is 2. The van der Waals surface area contributed by atoms with Crippen LogP contribution in [0.4, 0.5) is 0 Å². The van der Waals surface area contributed by atoms with Gasteiger partial charge < -0.3 is 19.3 Å². The Morgan fingerprint density at radius 2 is 1.55 bits per heavy atom. The number of hydrogen-bond donors (Lipinski definition) is 0. The minimum absolute atomic E-state index is 0.0738. The lowest BCUT2D eigenvalue weighted by Crippen LogP contribution is -2.38. The van der Waals surface area contributed by atoms with Crippen LogP contribution in [0.3, 0.4) is 0 Å². The first kappa shape index (κ1) is 18.1. The first-order valence-electron chi connectivity index (χ1n) is 7.11. The van der Waals surface area contributed by atoms with Crippen LogP contribution in [-0.2, 0) is 9.47 Å². The van der Waals surface area contributed by atoms with E-state index in [2.05, 4.69) is 4.74 Å². The van der Waals surface area contributed by atoms with Gasteiger partial charge in [0.25, 0.3) is 5.91 Å². The lowest BCUT2D eigenvalue weighted by molar-refractivity contribution is 0.0599. The van der Waals surface area contributed by atoms with Crippen LogP contribution in [0.15, 0.2) is 24.3 Å². The van der Waals surface area contributed by atoms with Crippen molar-refractivity contribution in [2.75, 3.05) is 54.6 Å². The Labute approximate surface area is 131 Å². The number of methoxy groups -OCH3 is 2. The molecular weight excluding hydrogens is 284 g/mol. The number of rotatable bonds is 8. The maximum Gasteiger partial charge on any atom is 0.337 e. The third kappa shape index (κ3) is 5.46. The third-order valence-electron chi connectivity index (χ3n) is 3.22. The van der Waals surface area contributed by atoms with Gasteiger partial charge in [-0.05, 0) is 38.4 Å². The van der Waals surface area contributed by atoms with E-state index >= 15 is 0 Å². The van der Waals surface area contributed by atoms with Gasteiger partial charge in [-0.25, -0.2) is 4.79 Å². The molecule has 0 unspecified atom stereocenters. The van der Waals surface area contributed by atoms with Crippen LogP contribution < -0.4 is 0 Å². The highest BCUT2D eigenvalue weighted by Gasteiger charge is 2.16. The molecule has 0 aliphatic rings. The summed E-state index contributed by atoms with van der Waals surface area (Å²) in [6.07, 6.45) is 0. The molecule has 0 saturated heterocycles.